The average Bonchev–Trinajstić information content (AvgIpc) is 3.31. The highest BCUT2D eigenvalue weighted by Gasteiger charge is 2.22. The number of benzene rings is 1. The molecule has 0 atom stereocenters. The summed E-state index contributed by atoms with van der Waals surface area (Å²) in [6, 6.07) is 10.0. The lowest BCUT2D eigenvalue weighted by Gasteiger charge is -2.13. The van der Waals surface area contributed by atoms with Crippen molar-refractivity contribution in [3.8, 4) is 0 Å². The molecule has 0 aliphatic carbocycles. The van der Waals surface area contributed by atoms with Gasteiger partial charge in [-0.25, -0.2) is 4.98 Å². The number of nitrogens with one attached hydrogen (secondary N) is 1. The Morgan fingerprint density at radius 1 is 1.00 bits per heavy atom. The van der Waals surface area contributed by atoms with E-state index in [1.807, 2.05) is 24.3 Å². The molecule has 1 aromatic carbocycles. The van der Waals surface area contributed by atoms with E-state index < -0.39 is 0 Å². The van der Waals surface area contributed by atoms with Crippen molar-refractivity contribution >= 4 is 45.3 Å². The largest absolute Gasteiger partial charge is 0.347 e. The predicted molar refractivity (Wildman–Crippen MR) is 125 cm³/mol. The zero-order valence-electron chi connectivity index (χ0n) is 18.5. The van der Waals surface area contributed by atoms with Crippen molar-refractivity contribution in [2.45, 2.75) is 46.1 Å². The number of para-hydroxylation sites is 1. The number of carbonyl (C=O) groups excluding carboxylic acids is 3. The number of carbonyl (C=O) groups is 3. The van der Waals surface area contributed by atoms with Crippen LogP contribution >= 0.6 is 0 Å². The van der Waals surface area contributed by atoms with Crippen molar-refractivity contribution in [1.82, 2.24) is 14.5 Å². The topological polar surface area (TPSA) is 84.3 Å². The summed E-state index contributed by atoms with van der Waals surface area (Å²) in [5.41, 5.74) is 1.95. The summed E-state index contributed by atoms with van der Waals surface area (Å²) in [4.78, 5) is 41.7. The number of aromatic nitrogens is 2. The van der Waals surface area contributed by atoms with Gasteiger partial charge in [-0.3, -0.25) is 19.3 Å². The van der Waals surface area contributed by atoms with Crippen LogP contribution in [0.25, 0.3) is 21.8 Å². The van der Waals surface area contributed by atoms with Crippen molar-refractivity contribution < 1.29 is 14.4 Å². The van der Waals surface area contributed by atoms with Crippen molar-refractivity contribution in [2.24, 2.45) is 5.92 Å². The Labute approximate surface area is 187 Å². The molecule has 7 nitrogen and oxygen atoms in total. The summed E-state index contributed by atoms with van der Waals surface area (Å²) in [6.07, 6.45) is 7.13. The number of fused-ring (bicyclic) bond motifs is 3. The molecule has 3 amide bonds. The molecule has 0 spiro atoms. The van der Waals surface area contributed by atoms with E-state index in [4.69, 9.17) is 4.98 Å². The highest BCUT2D eigenvalue weighted by atomic mass is 16.2. The molecule has 1 N–H and O–H groups in total. The number of hydrogen-bond donors (Lipinski definition) is 1. The summed E-state index contributed by atoms with van der Waals surface area (Å²) >= 11 is 0. The highest BCUT2D eigenvalue weighted by Crippen LogP contribution is 2.31. The normalized spacial score (nSPS) is 13.8. The number of amides is 3. The summed E-state index contributed by atoms with van der Waals surface area (Å²) in [6.45, 7) is 5.65. The summed E-state index contributed by atoms with van der Waals surface area (Å²) in [7, 11) is 0. The van der Waals surface area contributed by atoms with Crippen LogP contribution in [0.1, 0.15) is 39.5 Å². The van der Waals surface area contributed by atoms with Crippen LogP contribution in [-0.4, -0.2) is 38.7 Å². The Kier molecular flexibility index (Phi) is 6.35. The maximum absolute atomic E-state index is 12.6. The molecule has 0 unspecified atom stereocenters. The lowest BCUT2D eigenvalue weighted by Crippen LogP contribution is -2.30. The number of anilines is 1. The van der Waals surface area contributed by atoms with Gasteiger partial charge < -0.3 is 9.88 Å². The summed E-state index contributed by atoms with van der Waals surface area (Å²) in [5.74, 6) is 0.482. The number of pyridine rings is 1. The zero-order valence-corrected chi connectivity index (χ0v) is 18.5. The molecule has 2 aromatic heterocycles. The van der Waals surface area contributed by atoms with Crippen molar-refractivity contribution in [2.75, 3.05) is 11.9 Å². The lowest BCUT2D eigenvalue weighted by atomic mass is 10.1. The van der Waals surface area contributed by atoms with Crippen LogP contribution in [-0.2, 0) is 20.9 Å². The van der Waals surface area contributed by atoms with E-state index >= 15 is 0 Å². The molecular formula is C25H28N4O3. The fraction of sp³-hybridized carbons (Fsp3) is 0.360. The minimum absolute atomic E-state index is 0.0827. The smallest absolute Gasteiger partial charge is 0.253 e. The molecule has 3 aromatic rings. The van der Waals surface area contributed by atoms with Gasteiger partial charge in [0, 0.05) is 48.6 Å². The van der Waals surface area contributed by atoms with Gasteiger partial charge in [0.25, 0.3) is 11.8 Å². The van der Waals surface area contributed by atoms with Gasteiger partial charge in [0.2, 0.25) is 5.91 Å². The van der Waals surface area contributed by atoms with E-state index in [-0.39, 0.29) is 17.7 Å². The van der Waals surface area contributed by atoms with Gasteiger partial charge in [-0.2, -0.15) is 0 Å². The highest BCUT2D eigenvalue weighted by molar-refractivity contribution is 6.13. The Bertz CT molecular complexity index is 1190. The van der Waals surface area contributed by atoms with Gasteiger partial charge in [0.1, 0.15) is 5.82 Å². The third-order valence-electron chi connectivity index (χ3n) is 5.62. The number of nitrogens with zero attached hydrogens (tertiary/aromatic N) is 3. The van der Waals surface area contributed by atoms with E-state index in [9.17, 15) is 14.4 Å². The third-order valence-corrected chi connectivity index (χ3v) is 5.62. The first-order valence-electron chi connectivity index (χ1n) is 11.1. The van der Waals surface area contributed by atoms with Gasteiger partial charge in [-0.1, -0.05) is 38.5 Å². The minimum atomic E-state index is -0.261. The van der Waals surface area contributed by atoms with Crippen LogP contribution in [0.3, 0.4) is 0 Å². The average molecular weight is 433 g/mol. The van der Waals surface area contributed by atoms with Gasteiger partial charge in [0.05, 0.1) is 11.0 Å². The molecule has 1 aliphatic heterocycles. The van der Waals surface area contributed by atoms with Crippen LogP contribution in [0.5, 0.6) is 0 Å². The first-order chi connectivity index (χ1) is 15.4. The number of hydrogen-bond acceptors (Lipinski definition) is 4. The third kappa shape index (κ3) is 4.56. The molecule has 7 heteroatoms. The lowest BCUT2D eigenvalue weighted by molar-refractivity contribution is -0.136. The van der Waals surface area contributed by atoms with Gasteiger partial charge in [-0.05, 0) is 30.9 Å². The molecule has 0 bridgehead atoms. The van der Waals surface area contributed by atoms with E-state index in [1.165, 1.54) is 17.1 Å². The number of unbranched alkanes of at least 4 members (excludes halogenated alkanes) is 2. The number of imide groups is 1. The van der Waals surface area contributed by atoms with E-state index in [0.717, 1.165) is 34.8 Å². The van der Waals surface area contributed by atoms with E-state index in [1.54, 1.807) is 0 Å². The quantitative estimate of drug-likeness (QED) is 0.404. The molecule has 0 saturated heterocycles. The van der Waals surface area contributed by atoms with E-state index in [2.05, 4.69) is 36.0 Å². The second-order valence-corrected chi connectivity index (χ2v) is 8.62. The predicted octanol–water partition coefficient (Wildman–Crippen LogP) is 4.27. The molecular weight excluding hydrogens is 404 g/mol. The van der Waals surface area contributed by atoms with Crippen LogP contribution < -0.4 is 5.32 Å². The standard InChI is InChI=1S/C25H28N4O3/c1-17(2)16-28-15-13-19-24(28)18-8-5-6-9-20(18)26-25(19)27-21(30)10-4-3-7-14-29-22(31)11-12-23(29)32/h5-6,8-9,11-13,15,17H,3-4,7,10,14,16H2,1-2H3,(H,26,27,30). The van der Waals surface area contributed by atoms with Crippen molar-refractivity contribution in [3.05, 3.63) is 48.7 Å². The molecule has 0 fully saturated rings. The maximum atomic E-state index is 12.6. The Balaban J connectivity index is 1.41. The molecule has 1 aliphatic rings. The van der Waals surface area contributed by atoms with Crippen LogP contribution in [0.2, 0.25) is 0 Å². The fourth-order valence-electron chi connectivity index (χ4n) is 4.13. The molecule has 0 radical (unpaired) electrons. The van der Waals surface area contributed by atoms with Crippen molar-refractivity contribution in [1.29, 1.82) is 0 Å². The summed E-state index contributed by atoms with van der Waals surface area (Å²) < 4.78 is 2.23. The van der Waals surface area contributed by atoms with Gasteiger partial charge in [0.15, 0.2) is 0 Å². The van der Waals surface area contributed by atoms with Crippen LogP contribution in [0, 0.1) is 5.92 Å². The first-order valence-corrected chi connectivity index (χ1v) is 11.1. The van der Waals surface area contributed by atoms with Gasteiger partial charge >= 0.3 is 0 Å². The number of rotatable bonds is 9. The summed E-state index contributed by atoms with van der Waals surface area (Å²) in [5, 5.41) is 5.01. The molecule has 166 valence electrons. The van der Waals surface area contributed by atoms with E-state index in [0.29, 0.717) is 37.5 Å². The zero-order chi connectivity index (χ0) is 22.7. The molecule has 0 saturated carbocycles. The Morgan fingerprint density at radius 3 is 2.50 bits per heavy atom. The van der Waals surface area contributed by atoms with Crippen LogP contribution in [0.4, 0.5) is 5.82 Å². The second-order valence-electron chi connectivity index (χ2n) is 8.62. The Hall–Kier alpha value is -3.48. The monoisotopic (exact) mass is 432 g/mol. The first kappa shape index (κ1) is 21.7. The second kappa shape index (κ2) is 9.34. The van der Waals surface area contributed by atoms with Gasteiger partial charge in [-0.15, -0.1) is 0 Å². The molecule has 32 heavy (non-hydrogen) atoms. The molecule has 3 heterocycles. The van der Waals surface area contributed by atoms with Crippen molar-refractivity contribution in [3.63, 3.8) is 0 Å². The SMILES string of the molecule is CC(C)Cn1ccc2c(NC(=O)CCCCCN3C(=O)C=CC3=O)nc3ccccc3c21. The fourth-order valence-corrected chi connectivity index (χ4v) is 4.13. The van der Waals surface area contributed by atoms with Crippen LogP contribution in [0.15, 0.2) is 48.7 Å². The molecule has 4 rings (SSSR count). The maximum Gasteiger partial charge on any atom is 0.253 e. The Morgan fingerprint density at radius 2 is 1.75 bits per heavy atom. The minimum Gasteiger partial charge on any atom is -0.347 e.